The highest BCUT2D eigenvalue weighted by Gasteiger charge is 2.68. The molecule has 0 aliphatic carbocycles. The molecule has 0 bridgehead atoms. The highest BCUT2D eigenvalue weighted by Crippen LogP contribution is 2.42. The van der Waals surface area contributed by atoms with Crippen molar-refractivity contribution in [3.63, 3.8) is 0 Å². The second-order valence-electron chi connectivity index (χ2n) is 5.95. The van der Waals surface area contributed by atoms with Crippen molar-refractivity contribution in [1.82, 2.24) is 0 Å². The van der Waals surface area contributed by atoms with E-state index < -0.39 is 82.8 Å². The second kappa shape index (κ2) is 10.00. The summed E-state index contributed by atoms with van der Waals surface area (Å²) in [4.78, 5) is 23.0. The van der Waals surface area contributed by atoms with Gasteiger partial charge in [0, 0.05) is 6.42 Å². The number of halogens is 10. The largest absolute Gasteiger partial charge is 0.743 e. The molecular weight excluding hydrogens is 518 g/mol. The van der Waals surface area contributed by atoms with Gasteiger partial charge in [0.25, 0.3) is 0 Å². The summed E-state index contributed by atoms with van der Waals surface area (Å²) >= 11 is 0. The van der Waals surface area contributed by atoms with Gasteiger partial charge in [-0.05, 0) is 12.8 Å². The lowest BCUT2D eigenvalue weighted by Crippen LogP contribution is -2.58. The van der Waals surface area contributed by atoms with Crippen LogP contribution in [0.15, 0.2) is 12.2 Å². The van der Waals surface area contributed by atoms with Gasteiger partial charge in [0.2, 0.25) is 0 Å². The van der Waals surface area contributed by atoms with Crippen LogP contribution < -0.4 is 0 Å². The molecule has 194 valence electrons. The molecule has 0 rings (SSSR count). The molecule has 33 heavy (non-hydrogen) atoms. The second-order valence-corrected chi connectivity index (χ2v) is 7.37. The van der Waals surface area contributed by atoms with Gasteiger partial charge in [-0.25, -0.2) is 18.0 Å². The topological polar surface area (TPSA) is 119 Å². The van der Waals surface area contributed by atoms with E-state index >= 15 is 0 Å². The summed E-state index contributed by atoms with van der Waals surface area (Å²) in [5, 5.41) is -6.07. The fraction of sp³-hybridized carbons (Fsp3) is 0.714. The molecule has 0 radical (unpaired) electrons. The first kappa shape index (κ1) is 30.9. The fourth-order valence-electron chi connectivity index (χ4n) is 1.82. The summed E-state index contributed by atoms with van der Waals surface area (Å²) in [7, 11) is -6.54. The van der Waals surface area contributed by atoms with Crippen LogP contribution >= 0.6 is 0 Å². The number of hydrogen-bond donors (Lipinski definition) is 0. The number of carbonyl (C=O) groups excluding carboxylic acids is 2. The van der Waals surface area contributed by atoms with E-state index in [2.05, 4.69) is 20.8 Å². The number of rotatable bonds is 11. The van der Waals surface area contributed by atoms with Crippen molar-refractivity contribution in [3.8, 4) is 0 Å². The minimum Gasteiger partial charge on any atom is -0.743 e. The van der Waals surface area contributed by atoms with E-state index in [0.717, 1.165) is 0 Å². The van der Waals surface area contributed by atoms with Crippen molar-refractivity contribution in [2.24, 2.45) is 0 Å². The summed E-state index contributed by atoms with van der Waals surface area (Å²) in [6, 6.07) is 0. The minimum absolute atomic E-state index is 0.282. The molecule has 0 aromatic heterocycles. The molecule has 0 aromatic carbocycles. The Morgan fingerprint density at radius 2 is 1.42 bits per heavy atom. The number of alkyl halides is 10. The van der Waals surface area contributed by atoms with Crippen LogP contribution in [0.1, 0.15) is 19.3 Å². The molecule has 0 amide bonds. The molecule has 0 aliphatic heterocycles. The van der Waals surface area contributed by atoms with Gasteiger partial charge in [-0.3, -0.25) is 0 Å². The average molecular weight is 531 g/mol. The SMILES string of the molecule is C=C(C(=O)OC(OCCCCC(F)(F)C(F)(F)S(=O)(=O)[O-])(C(=O)OC)C(F)(F)F)C(F)(F)F. The fourth-order valence-corrected chi connectivity index (χ4v) is 2.29. The van der Waals surface area contributed by atoms with Gasteiger partial charge in [-0.2, -0.15) is 43.9 Å². The zero-order chi connectivity index (χ0) is 26.7. The first-order valence-corrected chi connectivity index (χ1v) is 9.38. The van der Waals surface area contributed by atoms with Crippen LogP contribution in [0.4, 0.5) is 43.9 Å². The number of esters is 2. The van der Waals surface area contributed by atoms with E-state index in [9.17, 15) is 66.5 Å². The van der Waals surface area contributed by atoms with Crippen molar-refractivity contribution in [2.75, 3.05) is 13.7 Å². The molecule has 0 aliphatic rings. The minimum atomic E-state index is -6.83. The van der Waals surface area contributed by atoms with Crippen LogP contribution in [0.25, 0.3) is 0 Å². The standard InChI is InChI=1S/C14H14F10O8S/c1-7(12(17,18)19)8(25)32-11(9(26)30-2,13(20,21)22)31-6-4-3-5-10(15,16)14(23,24)33(27,28)29/h1,3-6H2,2H3,(H,27,28,29)/p-1. The Balaban J connectivity index is 5.58. The zero-order valence-corrected chi connectivity index (χ0v) is 16.8. The van der Waals surface area contributed by atoms with E-state index in [4.69, 9.17) is 0 Å². The van der Waals surface area contributed by atoms with Gasteiger partial charge in [0.1, 0.15) is 5.57 Å². The number of ether oxygens (including phenoxy) is 3. The number of carbonyl (C=O) groups is 2. The van der Waals surface area contributed by atoms with Crippen LogP contribution in [0.2, 0.25) is 0 Å². The quantitative estimate of drug-likeness (QED) is 0.0997. The van der Waals surface area contributed by atoms with Crippen molar-refractivity contribution in [2.45, 2.75) is 48.6 Å². The van der Waals surface area contributed by atoms with E-state index in [0.29, 0.717) is 0 Å². The Kier molecular flexibility index (Phi) is 9.35. The first-order valence-electron chi connectivity index (χ1n) is 7.97. The zero-order valence-electron chi connectivity index (χ0n) is 16.0. The van der Waals surface area contributed by atoms with Crippen molar-refractivity contribution >= 4 is 22.1 Å². The lowest BCUT2D eigenvalue weighted by Gasteiger charge is -2.32. The normalized spacial score (nSPS) is 15.5. The summed E-state index contributed by atoms with van der Waals surface area (Å²) in [6.45, 7) is 0.618. The summed E-state index contributed by atoms with van der Waals surface area (Å²) in [5.41, 5.74) is -2.50. The molecule has 19 heteroatoms. The van der Waals surface area contributed by atoms with E-state index in [-0.39, 0.29) is 7.11 Å². The molecule has 8 nitrogen and oxygen atoms in total. The molecule has 0 aromatic rings. The van der Waals surface area contributed by atoms with Gasteiger partial charge < -0.3 is 18.8 Å². The Hall–Kier alpha value is -2.15. The van der Waals surface area contributed by atoms with Crippen LogP contribution in [0, 0.1) is 0 Å². The van der Waals surface area contributed by atoms with Crippen molar-refractivity contribution in [1.29, 1.82) is 0 Å². The van der Waals surface area contributed by atoms with Gasteiger partial charge in [0.15, 0.2) is 10.1 Å². The van der Waals surface area contributed by atoms with Crippen LogP contribution in [-0.2, 0) is 33.9 Å². The van der Waals surface area contributed by atoms with Gasteiger partial charge >= 0.3 is 41.3 Å². The average Bonchev–Trinajstić information content (AvgIpc) is 2.62. The predicted octanol–water partition coefficient (Wildman–Crippen LogP) is 3.04. The molecular formula is C14H13F10O8S-. The Bertz CT molecular complexity index is 849. The highest BCUT2D eigenvalue weighted by molar-refractivity contribution is 7.86. The van der Waals surface area contributed by atoms with Gasteiger partial charge in [0.05, 0.1) is 13.7 Å². The van der Waals surface area contributed by atoms with Gasteiger partial charge in [-0.1, -0.05) is 6.58 Å². The smallest absolute Gasteiger partial charge is 0.468 e. The lowest BCUT2D eigenvalue weighted by molar-refractivity contribution is -0.354. The summed E-state index contributed by atoms with van der Waals surface area (Å²) < 4.78 is 172. The predicted molar refractivity (Wildman–Crippen MR) is 81.5 cm³/mol. The molecule has 0 saturated heterocycles. The maximum absolute atomic E-state index is 13.4. The number of hydrogen-bond acceptors (Lipinski definition) is 8. The van der Waals surface area contributed by atoms with Crippen molar-refractivity contribution < 1.29 is 80.7 Å². The van der Waals surface area contributed by atoms with Crippen LogP contribution in [-0.4, -0.2) is 67.9 Å². The summed E-state index contributed by atoms with van der Waals surface area (Å²) in [6.07, 6.45) is -16.1. The number of unbranched alkanes of at least 4 members (excludes halogenated alkanes) is 1. The van der Waals surface area contributed by atoms with Crippen molar-refractivity contribution in [3.05, 3.63) is 12.2 Å². The van der Waals surface area contributed by atoms with Crippen LogP contribution in [0.5, 0.6) is 0 Å². The Morgan fingerprint density at radius 3 is 1.79 bits per heavy atom. The highest BCUT2D eigenvalue weighted by atomic mass is 32.2. The van der Waals surface area contributed by atoms with E-state index in [1.807, 2.05) is 0 Å². The monoisotopic (exact) mass is 531 g/mol. The molecule has 1 atom stereocenters. The maximum Gasteiger partial charge on any atom is 0.468 e. The molecule has 0 fully saturated rings. The Labute approximate surface area is 178 Å². The Morgan fingerprint density at radius 1 is 0.939 bits per heavy atom. The molecule has 0 saturated carbocycles. The lowest BCUT2D eigenvalue weighted by atomic mass is 10.1. The molecule has 1 unspecified atom stereocenters. The third kappa shape index (κ3) is 6.92. The molecule has 0 spiro atoms. The maximum atomic E-state index is 13.4. The van der Waals surface area contributed by atoms with Gasteiger partial charge in [-0.15, -0.1) is 0 Å². The number of methoxy groups -OCH3 is 1. The van der Waals surface area contributed by atoms with E-state index in [1.165, 1.54) is 0 Å². The molecule has 0 heterocycles. The third-order valence-electron chi connectivity index (χ3n) is 3.58. The third-order valence-corrected chi connectivity index (χ3v) is 4.51. The first-order chi connectivity index (χ1) is 14.5. The van der Waals surface area contributed by atoms with Crippen LogP contribution in [0.3, 0.4) is 0 Å². The van der Waals surface area contributed by atoms with E-state index in [1.54, 1.807) is 0 Å². The summed E-state index contributed by atoms with van der Waals surface area (Å²) in [5.74, 6) is -15.7. The molecule has 0 N–H and O–H groups in total.